The minimum atomic E-state index is -1.87. The zero-order valence-corrected chi connectivity index (χ0v) is 12.8. The normalized spacial score (nSPS) is 13.9. The highest BCUT2D eigenvalue weighted by Crippen LogP contribution is 2.34. The first-order valence-corrected chi connectivity index (χ1v) is 6.64. The van der Waals surface area contributed by atoms with Gasteiger partial charge in [0, 0.05) is 5.39 Å². The number of carbonyl (C=O) groups is 1. The number of hydrogen-bond donors (Lipinski definition) is 2. The van der Waals surface area contributed by atoms with Crippen LogP contribution >= 0.6 is 0 Å². The van der Waals surface area contributed by atoms with E-state index in [-0.39, 0.29) is 22.6 Å². The van der Waals surface area contributed by atoms with E-state index in [4.69, 9.17) is 9.15 Å². The fraction of sp³-hybridized carbons (Fsp3) is 0.250. The van der Waals surface area contributed by atoms with Crippen molar-refractivity contribution in [3.05, 3.63) is 40.3 Å². The van der Waals surface area contributed by atoms with E-state index in [1.54, 1.807) is 6.07 Å². The van der Waals surface area contributed by atoms with Crippen LogP contribution in [-0.4, -0.2) is 36.0 Å². The van der Waals surface area contributed by atoms with Gasteiger partial charge in [-0.1, -0.05) is 0 Å². The Labute approximate surface area is 131 Å². The SMILES string of the molecule is COC(=O)[C@@](C)(O)/C=C/c1cc2ccc(O)c(OC)c2oc1=O. The van der Waals surface area contributed by atoms with E-state index in [1.807, 2.05) is 0 Å². The summed E-state index contributed by atoms with van der Waals surface area (Å²) in [6.45, 7) is 1.24. The van der Waals surface area contributed by atoms with E-state index in [9.17, 15) is 19.8 Å². The van der Waals surface area contributed by atoms with Gasteiger partial charge in [0.05, 0.1) is 19.8 Å². The van der Waals surface area contributed by atoms with E-state index in [2.05, 4.69) is 4.74 Å². The number of fused-ring (bicyclic) bond motifs is 1. The van der Waals surface area contributed by atoms with E-state index in [0.29, 0.717) is 5.39 Å². The number of esters is 1. The van der Waals surface area contributed by atoms with Crippen LogP contribution in [0, 0.1) is 0 Å². The molecule has 0 aliphatic rings. The Hall–Kier alpha value is -2.80. The third kappa shape index (κ3) is 3.19. The molecule has 0 aliphatic heterocycles. The molecular formula is C16H16O7. The van der Waals surface area contributed by atoms with Crippen LogP contribution in [0.4, 0.5) is 0 Å². The van der Waals surface area contributed by atoms with Crippen molar-refractivity contribution in [1.29, 1.82) is 0 Å². The quantitative estimate of drug-likeness (QED) is 0.648. The van der Waals surface area contributed by atoms with E-state index in [1.165, 1.54) is 32.2 Å². The summed E-state index contributed by atoms with van der Waals surface area (Å²) in [7, 11) is 2.49. The largest absolute Gasteiger partial charge is 0.504 e. The molecule has 23 heavy (non-hydrogen) atoms. The summed E-state index contributed by atoms with van der Waals surface area (Å²) in [4.78, 5) is 23.4. The molecule has 0 spiro atoms. The molecular weight excluding hydrogens is 304 g/mol. The third-order valence-electron chi connectivity index (χ3n) is 3.25. The van der Waals surface area contributed by atoms with Crippen molar-refractivity contribution >= 4 is 23.0 Å². The number of carbonyl (C=O) groups excluding carboxylic acids is 1. The van der Waals surface area contributed by atoms with E-state index in [0.717, 1.165) is 13.2 Å². The monoisotopic (exact) mass is 320 g/mol. The molecule has 1 aromatic heterocycles. The number of ether oxygens (including phenoxy) is 2. The Morgan fingerprint density at radius 1 is 1.35 bits per heavy atom. The fourth-order valence-corrected chi connectivity index (χ4v) is 2.00. The highest BCUT2D eigenvalue weighted by Gasteiger charge is 2.28. The summed E-state index contributed by atoms with van der Waals surface area (Å²) < 4.78 is 14.6. The van der Waals surface area contributed by atoms with Gasteiger partial charge in [-0.2, -0.15) is 0 Å². The lowest BCUT2D eigenvalue weighted by atomic mass is 10.1. The summed E-state index contributed by atoms with van der Waals surface area (Å²) in [6, 6.07) is 4.44. The molecule has 2 aromatic rings. The van der Waals surface area contributed by atoms with Crippen molar-refractivity contribution < 1.29 is 28.9 Å². The van der Waals surface area contributed by atoms with Crippen molar-refractivity contribution in [2.24, 2.45) is 0 Å². The predicted octanol–water partition coefficient (Wildman–Crippen LogP) is 1.44. The molecule has 122 valence electrons. The molecule has 7 nitrogen and oxygen atoms in total. The maximum absolute atomic E-state index is 12.0. The highest BCUT2D eigenvalue weighted by atomic mass is 16.5. The Morgan fingerprint density at radius 3 is 2.65 bits per heavy atom. The van der Waals surface area contributed by atoms with Crippen LogP contribution in [0.2, 0.25) is 0 Å². The van der Waals surface area contributed by atoms with Crippen LogP contribution in [0.3, 0.4) is 0 Å². The molecule has 0 radical (unpaired) electrons. The molecule has 0 amide bonds. The number of aliphatic hydroxyl groups is 1. The molecule has 0 saturated heterocycles. The summed E-state index contributed by atoms with van der Waals surface area (Å²) in [5, 5.41) is 20.1. The van der Waals surface area contributed by atoms with Crippen LogP contribution < -0.4 is 10.4 Å². The van der Waals surface area contributed by atoms with Crippen molar-refractivity contribution in [3.63, 3.8) is 0 Å². The van der Waals surface area contributed by atoms with Gasteiger partial charge < -0.3 is 24.1 Å². The number of hydrogen-bond acceptors (Lipinski definition) is 7. The van der Waals surface area contributed by atoms with Crippen molar-refractivity contribution in [2.45, 2.75) is 12.5 Å². The molecule has 0 fully saturated rings. The van der Waals surface area contributed by atoms with Crippen molar-refractivity contribution in [2.75, 3.05) is 14.2 Å². The first-order chi connectivity index (χ1) is 10.8. The van der Waals surface area contributed by atoms with Crippen LogP contribution in [0.1, 0.15) is 12.5 Å². The van der Waals surface area contributed by atoms with Gasteiger partial charge in [0.1, 0.15) is 0 Å². The molecule has 7 heteroatoms. The molecule has 1 atom stereocenters. The number of methoxy groups -OCH3 is 2. The first-order valence-electron chi connectivity index (χ1n) is 6.64. The van der Waals surface area contributed by atoms with E-state index >= 15 is 0 Å². The van der Waals surface area contributed by atoms with Gasteiger partial charge in [0.2, 0.25) is 5.75 Å². The summed E-state index contributed by atoms with van der Waals surface area (Å²) in [6.07, 6.45) is 2.40. The lowest BCUT2D eigenvalue weighted by Gasteiger charge is -2.15. The number of phenolic OH excluding ortho intramolecular Hbond substituents is 1. The smallest absolute Gasteiger partial charge is 0.343 e. The zero-order valence-electron chi connectivity index (χ0n) is 12.8. The van der Waals surface area contributed by atoms with Crippen LogP contribution in [-0.2, 0) is 9.53 Å². The topological polar surface area (TPSA) is 106 Å². The Morgan fingerprint density at radius 2 is 2.04 bits per heavy atom. The minimum Gasteiger partial charge on any atom is -0.504 e. The van der Waals surface area contributed by atoms with E-state index < -0.39 is 17.2 Å². The van der Waals surface area contributed by atoms with Gasteiger partial charge in [-0.15, -0.1) is 0 Å². The molecule has 1 heterocycles. The molecule has 0 bridgehead atoms. The van der Waals surface area contributed by atoms with Crippen LogP contribution in [0.15, 0.2) is 33.5 Å². The molecule has 0 saturated carbocycles. The Balaban J connectivity index is 2.52. The Bertz CT molecular complexity index is 830. The molecule has 1 aromatic carbocycles. The van der Waals surface area contributed by atoms with Gasteiger partial charge >= 0.3 is 11.6 Å². The van der Waals surface area contributed by atoms with Gasteiger partial charge in [0.25, 0.3) is 0 Å². The highest BCUT2D eigenvalue weighted by molar-refractivity contribution is 5.87. The summed E-state index contributed by atoms with van der Waals surface area (Å²) in [5.74, 6) is -0.956. The lowest BCUT2D eigenvalue weighted by molar-refractivity contribution is -0.155. The van der Waals surface area contributed by atoms with Crippen molar-refractivity contribution in [3.8, 4) is 11.5 Å². The van der Waals surface area contributed by atoms with Gasteiger partial charge in [-0.05, 0) is 37.3 Å². The molecule has 2 N–H and O–H groups in total. The van der Waals surface area contributed by atoms with Crippen LogP contribution in [0.5, 0.6) is 11.5 Å². The first kappa shape index (κ1) is 16.6. The van der Waals surface area contributed by atoms with Crippen LogP contribution in [0.25, 0.3) is 17.0 Å². The maximum Gasteiger partial charge on any atom is 0.343 e. The average Bonchev–Trinajstić information content (AvgIpc) is 2.52. The fourth-order valence-electron chi connectivity index (χ4n) is 2.00. The number of benzene rings is 1. The Kier molecular flexibility index (Phi) is 4.42. The zero-order chi connectivity index (χ0) is 17.2. The second-order valence-corrected chi connectivity index (χ2v) is 5.00. The summed E-state index contributed by atoms with van der Waals surface area (Å²) >= 11 is 0. The summed E-state index contributed by atoms with van der Waals surface area (Å²) in [5.41, 5.74) is -2.36. The lowest BCUT2D eigenvalue weighted by Crippen LogP contribution is -2.33. The molecule has 0 aliphatic carbocycles. The van der Waals surface area contributed by atoms with Crippen molar-refractivity contribution in [1.82, 2.24) is 0 Å². The van der Waals surface area contributed by atoms with Gasteiger partial charge in [0.15, 0.2) is 16.9 Å². The molecule has 2 rings (SSSR count). The number of rotatable bonds is 4. The third-order valence-corrected chi connectivity index (χ3v) is 3.25. The minimum absolute atomic E-state index is 0.0525. The van der Waals surface area contributed by atoms with Gasteiger partial charge in [-0.25, -0.2) is 9.59 Å². The number of aromatic hydroxyl groups is 1. The standard InChI is InChI=1S/C16H16O7/c1-16(20,15(19)22-3)7-6-10-8-9-4-5-11(17)13(21-2)12(9)23-14(10)18/h4-8,17,20H,1-3H3/b7-6+/t16-/m0/s1. The second kappa shape index (κ2) is 6.13. The predicted molar refractivity (Wildman–Crippen MR) is 82.4 cm³/mol. The second-order valence-electron chi connectivity index (χ2n) is 5.00. The van der Waals surface area contributed by atoms with Gasteiger partial charge in [-0.3, -0.25) is 0 Å². The average molecular weight is 320 g/mol. The molecule has 0 unspecified atom stereocenters. The maximum atomic E-state index is 12.0. The number of phenols is 1.